The van der Waals surface area contributed by atoms with Crippen LogP contribution in [0.15, 0.2) is 0 Å². The summed E-state index contributed by atoms with van der Waals surface area (Å²) in [6.07, 6.45) is 6.12. The largest absolute Gasteiger partial charge is 0.383 e. The van der Waals surface area contributed by atoms with Crippen LogP contribution in [0.2, 0.25) is 0 Å². The number of hydrogen-bond donors (Lipinski definition) is 2. The maximum absolute atomic E-state index is 12.4. The van der Waals surface area contributed by atoms with E-state index in [9.17, 15) is 4.79 Å². The van der Waals surface area contributed by atoms with Gasteiger partial charge in [0.1, 0.15) is 10.7 Å². The van der Waals surface area contributed by atoms with Crippen molar-refractivity contribution in [2.75, 3.05) is 44.4 Å². The highest BCUT2D eigenvalue weighted by atomic mass is 32.1. The van der Waals surface area contributed by atoms with Crippen LogP contribution in [0, 0.1) is 12.3 Å². The molecule has 1 aromatic heterocycles. The Morgan fingerprint density at radius 3 is 3.00 bits per heavy atom. The highest BCUT2D eigenvalue weighted by molar-refractivity contribution is 7.18. The first-order valence-electron chi connectivity index (χ1n) is 6.35. The lowest BCUT2D eigenvalue weighted by molar-refractivity contribution is 0.0782. The quantitative estimate of drug-likeness (QED) is 0.558. The summed E-state index contributed by atoms with van der Waals surface area (Å²) in [7, 11) is 1.62. The molecule has 1 rings (SSSR count). The normalized spacial score (nSPS) is 10.1. The topological polar surface area (TPSA) is 80.5 Å². The van der Waals surface area contributed by atoms with Crippen LogP contribution >= 0.6 is 11.3 Å². The molecule has 0 saturated carbocycles. The van der Waals surface area contributed by atoms with Crippen LogP contribution in [-0.2, 0) is 4.74 Å². The molecule has 0 atom stereocenters. The summed E-state index contributed by atoms with van der Waals surface area (Å²) in [6, 6.07) is 0. The van der Waals surface area contributed by atoms with Crippen molar-refractivity contribution in [3.63, 3.8) is 0 Å². The lowest BCUT2D eigenvalue weighted by Gasteiger charge is -2.18. The fourth-order valence-electron chi connectivity index (χ4n) is 1.60. The average molecular weight is 296 g/mol. The van der Waals surface area contributed by atoms with E-state index in [1.807, 2.05) is 6.92 Å². The Hall–Kier alpha value is -1.78. The highest BCUT2D eigenvalue weighted by Crippen LogP contribution is 2.26. The number of thiazole rings is 1. The fraction of sp³-hybridized carbons (Fsp3) is 0.538. The van der Waals surface area contributed by atoms with E-state index >= 15 is 0 Å². The van der Waals surface area contributed by atoms with Crippen LogP contribution in [0.5, 0.6) is 0 Å². The molecule has 1 aromatic rings. The number of terminal acetylenes is 1. The SMILES string of the molecule is C#CCN(CCC)C(=O)c1sc(NCCOC)nc1N. The van der Waals surface area contributed by atoms with Gasteiger partial charge in [-0.2, -0.15) is 0 Å². The van der Waals surface area contributed by atoms with E-state index in [2.05, 4.69) is 16.2 Å². The number of nitrogens with one attached hydrogen (secondary N) is 1. The molecule has 0 aliphatic heterocycles. The van der Waals surface area contributed by atoms with E-state index in [4.69, 9.17) is 16.9 Å². The van der Waals surface area contributed by atoms with E-state index in [1.165, 1.54) is 11.3 Å². The zero-order valence-electron chi connectivity index (χ0n) is 11.8. The second-order valence-electron chi connectivity index (χ2n) is 4.08. The molecular weight excluding hydrogens is 276 g/mol. The Morgan fingerprint density at radius 2 is 2.40 bits per heavy atom. The van der Waals surface area contributed by atoms with E-state index in [0.717, 1.165) is 6.42 Å². The molecule has 0 aromatic carbocycles. The minimum absolute atomic E-state index is 0.167. The van der Waals surface area contributed by atoms with E-state index in [-0.39, 0.29) is 18.3 Å². The lowest BCUT2D eigenvalue weighted by Crippen LogP contribution is -2.32. The summed E-state index contributed by atoms with van der Waals surface area (Å²) in [5.74, 6) is 2.56. The van der Waals surface area contributed by atoms with Gasteiger partial charge < -0.3 is 20.7 Å². The zero-order valence-corrected chi connectivity index (χ0v) is 12.6. The van der Waals surface area contributed by atoms with Crippen molar-refractivity contribution in [3.8, 4) is 12.3 Å². The smallest absolute Gasteiger partial charge is 0.268 e. The van der Waals surface area contributed by atoms with Gasteiger partial charge in [-0.05, 0) is 6.42 Å². The third-order valence-electron chi connectivity index (χ3n) is 2.49. The Bertz CT molecular complexity index is 481. The highest BCUT2D eigenvalue weighted by Gasteiger charge is 2.21. The number of anilines is 2. The minimum Gasteiger partial charge on any atom is -0.383 e. The van der Waals surface area contributed by atoms with Gasteiger partial charge in [-0.3, -0.25) is 4.79 Å². The number of nitrogens with zero attached hydrogens (tertiary/aromatic N) is 2. The molecule has 0 spiro atoms. The molecule has 1 amide bonds. The molecule has 0 aliphatic carbocycles. The fourth-order valence-corrected chi connectivity index (χ4v) is 2.48. The van der Waals surface area contributed by atoms with Crippen LogP contribution in [0.3, 0.4) is 0 Å². The number of hydrogen-bond acceptors (Lipinski definition) is 6. The molecule has 6 nitrogen and oxygen atoms in total. The van der Waals surface area contributed by atoms with Gasteiger partial charge in [-0.1, -0.05) is 24.2 Å². The van der Waals surface area contributed by atoms with Crippen LogP contribution < -0.4 is 11.1 Å². The molecule has 20 heavy (non-hydrogen) atoms. The number of aromatic nitrogens is 1. The molecule has 7 heteroatoms. The monoisotopic (exact) mass is 296 g/mol. The van der Waals surface area contributed by atoms with Gasteiger partial charge in [-0.25, -0.2) is 4.98 Å². The molecule has 0 radical (unpaired) electrons. The van der Waals surface area contributed by atoms with Crippen LogP contribution in [-0.4, -0.2) is 49.1 Å². The number of nitrogen functional groups attached to an aromatic ring is 1. The van der Waals surface area contributed by atoms with Crippen LogP contribution in [0.25, 0.3) is 0 Å². The number of rotatable bonds is 8. The van der Waals surface area contributed by atoms with E-state index in [1.54, 1.807) is 12.0 Å². The van der Waals surface area contributed by atoms with Gasteiger partial charge in [0.05, 0.1) is 13.2 Å². The third-order valence-corrected chi connectivity index (χ3v) is 3.51. The van der Waals surface area contributed by atoms with Crippen molar-refractivity contribution < 1.29 is 9.53 Å². The first-order valence-corrected chi connectivity index (χ1v) is 7.17. The molecule has 0 saturated heterocycles. The average Bonchev–Trinajstić information content (AvgIpc) is 2.79. The summed E-state index contributed by atoms with van der Waals surface area (Å²) >= 11 is 1.24. The number of ether oxygens (including phenoxy) is 1. The predicted molar refractivity (Wildman–Crippen MR) is 81.9 cm³/mol. The first kappa shape index (κ1) is 16.3. The van der Waals surface area contributed by atoms with E-state index in [0.29, 0.717) is 29.7 Å². The van der Waals surface area contributed by atoms with Crippen molar-refractivity contribution in [1.82, 2.24) is 9.88 Å². The molecule has 0 unspecified atom stereocenters. The summed E-state index contributed by atoms with van der Waals surface area (Å²) < 4.78 is 4.94. The second-order valence-corrected chi connectivity index (χ2v) is 5.08. The maximum atomic E-state index is 12.4. The van der Waals surface area contributed by atoms with Gasteiger partial charge in [0.2, 0.25) is 0 Å². The van der Waals surface area contributed by atoms with Crippen LogP contribution in [0.4, 0.5) is 10.9 Å². The van der Waals surface area contributed by atoms with Gasteiger partial charge in [0.25, 0.3) is 5.91 Å². The van der Waals surface area contributed by atoms with Crippen molar-refractivity contribution in [3.05, 3.63) is 4.88 Å². The summed E-state index contributed by atoms with van der Waals surface area (Å²) in [6.45, 7) is 4.04. The van der Waals surface area contributed by atoms with Crippen molar-refractivity contribution in [1.29, 1.82) is 0 Å². The molecule has 0 bridgehead atoms. The molecule has 1 heterocycles. The van der Waals surface area contributed by atoms with Crippen LogP contribution in [0.1, 0.15) is 23.0 Å². The van der Waals surface area contributed by atoms with Crippen molar-refractivity contribution >= 4 is 28.2 Å². The predicted octanol–water partition coefficient (Wildman–Crippen LogP) is 1.27. The van der Waals surface area contributed by atoms with Crippen molar-refractivity contribution in [2.24, 2.45) is 0 Å². The Kier molecular flexibility index (Phi) is 6.84. The Balaban J connectivity index is 2.78. The first-order chi connectivity index (χ1) is 9.63. The second kappa shape index (κ2) is 8.40. The standard InChI is InChI=1S/C13H20N4O2S/c1-4-7-17(8-5-2)12(18)10-11(14)16-13(20-10)15-6-9-19-3/h1H,5-9,14H2,2-3H3,(H,15,16). The number of carbonyl (C=O) groups is 1. The Labute approximate surface area is 123 Å². The van der Waals surface area contributed by atoms with Crippen molar-refractivity contribution in [2.45, 2.75) is 13.3 Å². The number of amides is 1. The molecule has 110 valence electrons. The molecule has 0 fully saturated rings. The van der Waals surface area contributed by atoms with Gasteiger partial charge in [0.15, 0.2) is 5.13 Å². The number of methoxy groups -OCH3 is 1. The summed E-state index contributed by atoms with van der Waals surface area (Å²) in [5, 5.41) is 3.67. The third kappa shape index (κ3) is 4.40. The summed E-state index contributed by atoms with van der Waals surface area (Å²) in [5.41, 5.74) is 5.81. The molecule has 0 aliphatic rings. The zero-order chi connectivity index (χ0) is 15.0. The summed E-state index contributed by atoms with van der Waals surface area (Å²) in [4.78, 5) is 18.5. The molecule has 3 N–H and O–H groups in total. The number of nitrogens with two attached hydrogens (primary N) is 1. The van der Waals surface area contributed by atoms with E-state index < -0.39 is 0 Å². The molecular formula is C13H20N4O2S. The lowest BCUT2D eigenvalue weighted by atomic mass is 10.3. The minimum atomic E-state index is -0.167. The maximum Gasteiger partial charge on any atom is 0.268 e. The van der Waals surface area contributed by atoms with Gasteiger partial charge in [-0.15, -0.1) is 6.42 Å². The Morgan fingerprint density at radius 1 is 1.65 bits per heavy atom. The number of carbonyl (C=O) groups excluding carboxylic acids is 1. The van der Waals surface area contributed by atoms with Gasteiger partial charge in [0, 0.05) is 20.2 Å². The van der Waals surface area contributed by atoms with Gasteiger partial charge >= 0.3 is 0 Å².